The molecule has 1 heterocycles. The number of ketones is 1. The van der Waals surface area contributed by atoms with Crippen LogP contribution in [0.5, 0.6) is 5.88 Å². The lowest BCUT2D eigenvalue weighted by Gasteiger charge is -2.18. The van der Waals surface area contributed by atoms with Gasteiger partial charge < -0.3 is 9.47 Å². The van der Waals surface area contributed by atoms with E-state index in [9.17, 15) is 4.79 Å². The van der Waals surface area contributed by atoms with Crippen LogP contribution in [0.4, 0.5) is 0 Å². The Morgan fingerprint density at radius 3 is 2.50 bits per heavy atom. The number of rotatable bonds is 4. The Morgan fingerprint density at radius 1 is 1.31 bits per heavy atom. The van der Waals surface area contributed by atoms with Gasteiger partial charge in [-0.05, 0) is 20.8 Å². The molecule has 0 bridgehead atoms. The predicted molar refractivity (Wildman–Crippen MR) is 58.6 cm³/mol. The fraction of sp³-hybridized carbons (Fsp3) is 0.545. The summed E-state index contributed by atoms with van der Waals surface area (Å²) in [6.45, 7) is 5.62. The molecule has 0 aromatic carbocycles. The Bertz CT molecular complexity index is 372. The minimum Gasteiger partial charge on any atom is -0.479 e. The minimum absolute atomic E-state index is 0.0292. The Kier molecular flexibility index (Phi) is 3.95. The van der Waals surface area contributed by atoms with Gasteiger partial charge in [0.15, 0.2) is 5.69 Å². The van der Waals surface area contributed by atoms with Crippen molar-refractivity contribution in [2.75, 3.05) is 13.7 Å². The number of Topliss-reactive ketones (excluding diaryl/α,β-unsaturated/α-hetero) is 1. The Morgan fingerprint density at radius 2 is 1.94 bits per heavy atom. The van der Waals surface area contributed by atoms with E-state index in [2.05, 4.69) is 9.97 Å². The van der Waals surface area contributed by atoms with E-state index in [4.69, 9.17) is 9.47 Å². The molecule has 5 heteroatoms. The fourth-order valence-corrected chi connectivity index (χ4v) is 1.02. The molecule has 0 atom stereocenters. The second kappa shape index (κ2) is 5.03. The third kappa shape index (κ3) is 3.58. The van der Waals surface area contributed by atoms with Crippen LogP contribution in [0.2, 0.25) is 0 Å². The second-order valence-corrected chi connectivity index (χ2v) is 4.24. The van der Waals surface area contributed by atoms with E-state index >= 15 is 0 Å². The van der Waals surface area contributed by atoms with E-state index in [1.54, 1.807) is 0 Å². The first-order valence-corrected chi connectivity index (χ1v) is 4.96. The molecule has 0 radical (unpaired) electrons. The predicted octanol–water partition coefficient (Wildman–Crippen LogP) is 1.48. The van der Waals surface area contributed by atoms with Crippen molar-refractivity contribution in [1.29, 1.82) is 0 Å². The molecule has 16 heavy (non-hydrogen) atoms. The van der Waals surface area contributed by atoms with Crippen molar-refractivity contribution in [2.45, 2.75) is 26.4 Å². The number of carbonyl (C=O) groups is 1. The van der Waals surface area contributed by atoms with Gasteiger partial charge in [0.2, 0.25) is 11.7 Å². The van der Waals surface area contributed by atoms with Gasteiger partial charge in [-0.15, -0.1) is 0 Å². The molecule has 0 N–H and O–H groups in total. The lowest BCUT2D eigenvalue weighted by Crippen LogP contribution is -2.24. The number of hydrogen-bond acceptors (Lipinski definition) is 5. The van der Waals surface area contributed by atoms with Gasteiger partial charge >= 0.3 is 0 Å². The topological polar surface area (TPSA) is 61.3 Å². The average Bonchev–Trinajstić information content (AvgIpc) is 2.25. The van der Waals surface area contributed by atoms with Crippen LogP contribution in [0.25, 0.3) is 0 Å². The van der Waals surface area contributed by atoms with Crippen molar-refractivity contribution in [3.8, 4) is 5.88 Å². The molecule has 0 saturated carbocycles. The van der Waals surface area contributed by atoms with E-state index in [1.807, 2.05) is 20.8 Å². The zero-order chi connectivity index (χ0) is 12.2. The molecule has 0 aliphatic rings. The highest BCUT2D eigenvalue weighted by molar-refractivity contribution is 5.97. The molecule has 5 nitrogen and oxygen atoms in total. The van der Waals surface area contributed by atoms with Gasteiger partial charge in [0.25, 0.3) is 0 Å². The van der Waals surface area contributed by atoms with Crippen LogP contribution in [0.3, 0.4) is 0 Å². The van der Waals surface area contributed by atoms with Crippen LogP contribution >= 0.6 is 0 Å². The Balaban J connectivity index is 2.73. The first kappa shape index (κ1) is 12.6. The monoisotopic (exact) mass is 224 g/mol. The zero-order valence-electron chi connectivity index (χ0n) is 9.98. The van der Waals surface area contributed by atoms with E-state index in [1.165, 1.54) is 19.5 Å². The standard InChI is InChI=1S/C11H16N2O3/c1-11(2,3)16-7-8(14)9-10(15-4)13-6-5-12-9/h5-6H,7H2,1-4H3. The molecular weight excluding hydrogens is 208 g/mol. The van der Waals surface area contributed by atoms with Crippen LogP contribution in [-0.4, -0.2) is 35.1 Å². The average molecular weight is 224 g/mol. The van der Waals surface area contributed by atoms with E-state index in [-0.39, 0.29) is 29.6 Å². The number of aromatic nitrogens is 2. The number of hydrogen-bond donors (Lipinski definition) is 0. The molecule has 1 aromatic rings. The molecule has 0 saturated heterocycles. The summed E-state index contributed by atoms with van der Waals surface area (Å²) in [6.07, 6.45) is 2.92. The van der Waals surface area contributed by atoms with Gasteiger partial charge in [0.1, 0.15) is 6.61 Å². The molecule has 0 unspecified atom stereocenters. The third-order valence-corrected chi connectivity index (χ3v) is 1.76. The van der Waals surface area contributed by atoms with Gasteiger partial charge in [0, 0.05) is 12.4 Å². The van der Waals surface area contributed by atoms with Crippen LogP contribution in [0, 0.1) is 0 Å². The minimum atomic E-state index is -0.356. The second-order valence-electron chi connectivity index (χ2n) is 4.24. The highest BCUT2D eigenvalue weighted by atomic mass is 16.5. The van der Waals surface area contributed by atoms with Crippen molar-refractivity contribution in [2.24, 2.45) is 0 Å². The number of nitrogens with zero attached hydrogens (tertiary/aromatic N) is 2. The summed E-state index contributed by atoms with van der Waals surface area (Å²) >= 11 is 0. The van der Waals surface area contributed by atoms with Crippen molar-refractivity contribution in [1.82, 2.24) is 9.97 Å². The lowest BCUT2D eigenvalue weighted by atomic mass is 10.2. The molecular formula is C11H16N2O3. The smallest absolute Gasteiger partial charge is 0.243 e. The molecule has 0 amide bonds. The maximum absolute atomic E-state index is 11.8. The quantitative estimate of drug-likeness (QED) is 0.725. The number of carbonyl (C=O) groups excluding carboxylic acids is 1. The van der Waals surface area contributed by atoms with Crippen LogP contribution in [-0.2, 0) is 4.74 Å². The van der Waals surface area contributed by atoms with E-state index < -0.39 is 0 Å². The highest BCUT2D eigenvalue weighted by Gasteiger charge is 2.18. The van der Waals surface area contributed by atoms with Crippen molar-refractivity contribution in [3.63, 3.8) is 0 Å². The summed E-state index contributed by atoms with van der Waals surface area (Å²) in [5, 5.41) is 0. The van der Waals surface area contributed by atoms with Crippen molar-refractivity contribution < 1.29 is 14.3 Å². The van der Waals surface area contributed by atoms with Gasteiger partial charge in [0.05, 0.1) is 12.7 Å². The molecule has 0 aliphatic carbocycles. The highest BCUT2D eigenvalue weighted by Crippen LogP contribution is 2.13. The largest absolute Gasteiger partial charge is 0.479 e. The van der Waals surface area contributed by atoms with Gasteiger partial charge in [-0.3, -0.25) is 4.79 Å². The summed E-state index contributed by atoms with van der Waals surface area (Å²) in [5.74, 6) is -0.00937. The first-order valence-electron chi connectivity index (χ1n) is 4.96. The Labute approximate surface area is 94.8 Å². The summed E-state index contributed by atoms with van der Waals surface area (Å²) < 4.78 is 10.3. The molecule has 0 spiro atoms. The van der Waals surface area contributed by atoms with Gasteiger partial charge in [-0.25, -0.2) is 9.97 Å². The fourth-order valence-electron chi connectivity index (χ4n) is 1.02. The summed E-state index contributed by atoms with van der Waals surface area (Å²) in [6, 6.07) is 0. The Hall–Kier alpha value is -1.49. The number of ether oxygens (including phenoxy) is 2. The van der Waals surface area contributed by atoms with Crippen LogP contribution in [0.1, 0.15) is 31.3 Å². The van der Waals surface area contributed by atoms with Gasteiger partial charge in [-0.2, -0.15) is 0 Å². The molecule has 88 valence electrons. The lowest BCUT2D eigenvalue weighted by molar-refractivity contribution is 0.00272. The van der Waals surface area contributed by atoms with Gasteiger partial charge in [-0.1, -0.05) is 0 Å². The van der Waals surface area contributed by atoms with Crippen molar-refractivity contribution in [3.05, 3.63) is 18.1 Å². The number of methoxy groups -OCH3 is 1. The van der Waals surface area contributed by atoms with Crippen LogP contribution < -0.4 is 4.74 Å². The van der Waals surface area contributed by atoms with Crippen LogP contribution in [0.15, 0.2) is 12.4 Å². The SMILES string of the molecule is COc1nccnc1C(=O)COC(C)(C)C. The molecule has 1 aromatic heterocycles. The normalized spacial score (nSPS) is 11.2. The zero-order valence-corrected chi connectivity index (χ0v) is 9.98. The third-order valence-electron chi connectivity index (χ3n) is 1.76. The first-order chi connectivity index (χ1) is 7.44. The maximum Gasteiger partial charge on any atom is 0.243 e. The molecule has 0 fully saturated rings. The summed E-state index contributed by atoms with van der Waals surface area (Å²) in [4.78, 5) is 19.6. The van der Waals surface area contributed by atoms with E-state index in [0.29, 0.717) is 0 Å². The molecule has 0 aliphatic heterocycles. The summed E-state index contributed by atoms with van der Waals surface area (Å²) in [5.41, 5.74) is -0.153. The summed E-state index contributed by atoms with van der Waals surface area (Å²) in [7, 11) is 1.45. The van der Waals surface area contributed by atoms with E-state index in [0.717, 1.165) is 0 Å². The van der Waals surface area contributed by atoms with Crippen molar-refractivity contribution >= 4 is 5.78 Å². The molecule has 1 rings (SSSR count). The maximum atomic E-state index is 11.8.